The van der Waals surface area contributed by atoms with Gasteiger partial charge in [0.2, 0.25) is 0 Å². The van der Waals surface area contributed by atoms with Crippen molar-refractivity contribution in [2.45, 2.75) is 26.7 Å². The van der Waals surface area contributed by atoms with Crippen LogP contribution in [0.4, 0.5) is 11.4 Å². The quantitative estimate of drug-likeness (QED) is 0.479. The summed E-state index contributed by atoms with van der Waals surface area (Å²) in [5.74, 6) is 0.383. The van der Waals surface area contributed by atoms with Crippen molar-refractivity contribution in [2.24, 2.45) is 0 Å². The average Bonchev–Trinajstić information content (AvgIpc) is 3.12. The molecule has 7 heteroatoms. The first-order valence-electron chi connectivity index (χ1n) is 10.00. The minimum absolute atomic E-state index is 0.334. The van der Waals surface area contributed by atoms with E-state index >= 15 is 0 Å². The molecule has 2 heterocycles. The lowest BCUT2D eigenvalue weighted by atomic mass is 10.0. The first kappa shape index (κ1) is 19.8. The number of carbonyl (C=O) groups excluding carboxylic acids is 2. The van der Waals surface area contributed by atoms with Crippen molar-refractivity contribution in [3.8, 4) is 11.5 Å². The van der Waals surface area contributed by atoms with Gasteiger partial charge >= 0.3 is 11.9 Å². The maximum Gasteiger partial charge on any atom is 0.308 e. The van der Waals surface area contributed by atoms with Crippen LogP contribution in [-0.2, 0) is 22.4 Å². The molecular weight excluding hydrogens is 382 g/mol. The second-order valence-corrected chi connectivity index (χ2v) is 7.52. The fourth-order valence-electron chi connectivity index (χ4n) is 3.86. The Labute approximate surface area is 175 Å². The molecule has 1 aromatic heterocycles. The van der Waals surface area contributed by atoms with Crippen molar-refractivity contribution >= 4 is 34.2 Å². The van der Waals surface area contributed by atoms with Crippen molar-refractivity contribution in [1.29, 1.82) is 0 Å². The van der Waals surface area contributed by atoms with Crippen LogP contribution >= 0.6 is 0 Å². The first-order chi connectivity index (χ1) is 14.4. The van der Waals surface area contributed by atoms with Gasteiger partial charge in [0.15, 0.2) is 5.75 Å². The third kappa shape index (κ3) is 3.96. The van der Waals surface area contributed by atoms with Crippen LogP contribution in [0.3, 0.4) is 0 Å². The number of aromatic amines is 1. The van der Waals surface area contributed by atoms with Crippen LogP contribution in [0.2, 0.25) is 0 Å². The van der Waals surface area contributed by atoms with E-state index in [2.05, 4.69) is 28.3 Å². The number of aromatic nitrogens is 1. The number of nitrogens with one attached hydrogen (secondary N) is 2. The van der Waals surface area contributed by atoms with Gasteiger partial charge in [-0.2, -0.15) is 0 Å². The lowest BCUT2D eigenvalue weighted by Gasteiger charge is -2.27. The van der Waals surface area contributed by atoms with E-state index in [1.807, 2.05) is 18.3 Å². The highest BCUT2D eigenvalue weighted by atomic mass is 16.5. The molecule has 3 aromatic rings. The largest absolute Gasteiger partial charge is 0.427 e. The number of H-pyrrole nitrogens is 1. The SMILES string of the molecule is CC(=O)Oc1ccc(CCNc2cc3c4c(c[nH]c4c2OC(C)=O)CCN3C)cc1. The highest BCUT2D eigenvalue weighted by Crippen LogP contribution is 2.43. The molecule has 0 spiro atoms. The highest BCUT2D eigenvalue weighted by molar-refractivity contribution is 6.04. The Kier molecular flexibility index (Phi) is 5.35. The summed E-state index contributed by atoms with van der Waals surface area (Å²) in [6, 6.07) is 9.50. The molecule has 0 unspecified atom stereocenters. The number of nitrogens with zero attached hydrogens (tertiary/aromatic N) is 1. The number of benzene rings is 2. The first-order valence-corrected chi connectivity index (χ1v) is 10.00. The van der Waals surface area contributed by atoms with Crippen LogP contribution in [0.25, 0.3) is 10.9 Å². The predicted octanol–water partition coefficient (Wildman–Crippen LogP) is 3.67. The van der Waals surface area contributed by atoms with Crippen molar-refractivity contribution < 1.29 is 19.1 Å². The van der Waals surface area contributed by atoms with Crippen LogP contribution in [0, 0.1) is 0 Å². The zero-order valence-electron chi connectivity index (χ0n) is 17.4. The molecular formula is C23H25N3O4. The predicted molar refractivity (Wildman–Crippen MR) is 117 cm³/mol. The molecule has 7 nitrogen and oxygen atoms in total. The van der Waals surface area contributed by atoms with Crippen LogP contribution < -0.4 is 19.7 Å². The summed E-state index contributed by atoms with van der Waals surface area (Å²) < 4.78 is 10.7. The van der Waals surface area contributed by atoms with Crippen LogP contribution in [-0.4, -0.2) is 37.1 Å². The maximum absolute atomic E-state index is 11.7. The molecule has 30 heavy (non-hydrogen) atoms. The zero-order valence-corrected chi connectivity index (χ0v) is 17.4. The van der Waals surface area contributed by atoms with Crippen LogP contribution in [0.1, 0.15) is 25.0 Å². The standard InChI is InChI=1S/C23H25N3O4/c1-14(27)29-18-6-4-16(5-7-18)8-10-24-19-12-20-21-17(9-11-26(20)3)13-25-22(21)23(19)30-15(2)28/h4-7,12-13,24-25H,8-11H2,1-3H3. The number of rotatable bonds is 6. The molecule has 0 bridgehead atoms. The normalized spacial score (nSPS) is 12.7. The van der Waals surface area contributed by atoms with Crippen molar-refractivity contribution in [1.82, 2.24) is 4.98 Å². The Balaban J connectivity index is 1.56. The summed E-state index contributed by atoms with van der Waals surface area (Å²) in [7, 11) is 2.07. The lowest BCUT2D eigenvalue weighted by molar-refractivity contribution is -0.132. The molecule has 0 radical (unpaired) electrons. The number of esters is 2. The molecule has 2 N–H and O–H groups in total. The number of anilines is 2. The van der Waals surface area contributed by atoms with Crippen molar-refractivity contribution in [2.75, 3.05) is 30.4 Å². The summed E-state index contributed by atoms with van der Waals surface area (Å²) in [5.41, 5.74) is 5.10. The van der Waals surface area contributed by atoms with Gasteiger partial charge in [0.25, 0.3) is 0 Å². The summed E-state index contributed by atoms with van der Waals surface area (Å²) in [4.78, 5) is 28.3. The molecule has 0 saturated carbocycles. The third-order valence-corrected chi connectivity index (χ3v) is 5.26. The average molecular weight is 407 g/mol. The molecule has 1 aliphatic heterocycles. The Hall–Kier alpha value is -3.48. The van der Waals surface area contributed by atoms with Crippen molar-refractivity contribution in [3.63, 3.8) is 0 Å². The van der Waals surface area contributed by atoms with Gasteiger partial charge in [-0.1, -0.05) is 12.1 Å². The Morgan fingerprint density at radius 1 is 1.13 bits per heavy atom. The molecule has 1 aliphatic rings. The van der Waals surface area contributed by atoms with E-state index in [0.29, 0.717) is 18.0 Å². The van der Waals surface area contributed by atoms with Gasteiger partial charge in [-0.25, -0.2) is 0 Å². The van der Waals surface area contributed by atoms with Gasteiger partial charge in [-0.15, -0.1) is 0 Å². The minimum Gasteiger partial charge on any atom is -0.427 e. The summed E-state index contributed by atoms with van der Waals surface area (Å²) in [5, 5.41) is 4.54. The monoisotopic (exact) mass is 407 g/mol. The van der Waals surface area contributed by atoms with Gasteiger partial charge in [-0.05, 0) is 42.2 Å². The fourth-order valence-corrected chi connectivity index (χ4v) is 3.86. The number of hydrogen-bond acceptors (Lipinski definition) is 6. The second kappa shape index (κ2) is 8.10. The molecule has 156 valence electrons. The second-order valence-electron chi connectivity index (χ2n) is 7.52. The molecule has 2 aromatic carbocycles. The van der Waals surface area contributed by atoms with Gasteiger partial charge < -0.3 is 24.7 Å². The Morgan fingerprint density at radius 2 is 1.87 bits per heavy atom. The van der Waals surface area contributed by atoms with Gasteiger partial charge in [0.1, 0.15) is 5.75 Å². The van der Waals surface area contributed by atoms with E-state index in [-0.39, 0.29) is 11.9 Å². The summed E-state index contributed by atoms with van der Waals surface area (Å²) >= 11 is 0. The maximum atomic E-state index is 11.7. The third-order valence-electron chi connectivity index (χ3n) is 5.26. The number of likely N-dealkylation sites (N-methyl/N-ethyl adjacent to an activating group) is 1. The summed E-state index contributed by atoms with van der Waals surface area (Å²) in [6.45, 7) is 4.40. The minimum atomic E-state index is -0.352. The fraction of sp³-hybridized carbons (Fsp3) is 0.304. The molecule has 0 fully saturated rings. The van der Waals surface area contributed by atoms with E-state index in [1.54, 1.807) is 12.1 Å². The topological polar surface area (TPSA) is 83.7 Å². The number of hydrogen-bond donors (Lipinski definition) is 2. The smallest absolute Gasteiger partial charge is 0.308 e. The number of carbonyl (C=O) groups is 2. The van der Waals surface area contributed by atoms with E-state index in [0.717, 1.165) is 47.2 Å². The van der Waals surface area contributed by atoms with Gasteiger partial charge in [-0.3, -0.25) is 9.59 Å². The molecule has 0 saturated heterocycles. The molecule has 4 rings (SSSR count). The molecule has 0 amide bonds. The van der Waals surface area contributed by atoms with Crippen LogP contribution in [0.5, 0.6) is 11.5 Å². The number of ether oxygens (including phenoxy) is 2. The Bertz CT molecular complexity index is 1100. The van der Waals surface area contributed by atoms with Gasteiger partial charge in [0.05, 0.1) is 11.2 Å². The van der Waals surface area contributed by atoms with Crippen LogP contribution in [0.15, 0.2) is 36.5 Å². The zero-order chi connectivity index (χ0) is 21.3. The Morgan fingerprint density at radius 3 is 2.57 bits per heavy atom. The van der Waals surface area contributed by atoms with Gasteiger partial charge in [0, 0.05) is 51.3 Å². The van der Waals surface area contributed by atoms with Crippen molar-refractivity contribution in [3.05, 3.63) is 47.7 Å². The lowest BCUT2D eigenvalue weighted by Crippen LogP contribution is -2.24. The van der Waals surface area contributed by atoms with E-state index in [9.17, 15) is 9.59 Å². The molecule has 0 atom stereocenters. The molecule has 0 aliphatic carbocycles. The van der Waals surface area contributed by atoms with E-state index in [1.165, 1.54) is 19.4 Å². The van der Waals surface area contributed by atoms with E-state index < -0.39 is 0 Å². The summed E-state index contributed by atoms with van der Waals surface area (Å²) in [6.07, 6.45) is 3.72. The highest BCUT2D eigenvalue weighted by Gasteiger charge is 2.23. The van der Waals surface area contributed by atoms with E-state index in [4.69, 9.17) is 9.47 Å².